The van der Waals surface area contributed by atoms with Crippen LogP contribution in [0.3, 0.4) is 0 Å². The zero-order valence-electron chi connectivity index (χ0n) is 12.4. The molecule has 0 atom stereocenters. The van der Waals surface area contributed by atoms with Crippen LogP contribution in [0.2, 0.25) is 0 Å². The lowest BCUT2D eigenvalue weighted by Gasteiger charge is -2.26. The van der Waals surface area contributed by atoms with Gasteiger partial charge in [0, 0.05) is 19.6 Å². The molecule has 18 heavy (non-hydrogen) atoms. The van der Waals surface area contributed by atoms with Crippen molar-refractivity contribution in [1.29, 1.82) is 0 Å². The summed E-state index contributed by atoms with van der Waals surface area (Å²) in [5.74, 6) is 1.18. The summed E-state index contributed by atoms with van der Waals surface area (Å²) in [6.07, 6.45) is 3.05. The van der Waals surface area contributed by atoms with Crippen molar-refractivity contribution < 1.29 is 9.53 Å². The Hall–Kier alpha value is -0.420. The summed E-state index contributed by atoms with van der Waals surface area (Å²) in [5.41, 5.74) is -0.420. The number of amides is 1. The van der Waals surface area contributed by atoms with E-state index in [9.17, 15) is 4.79 Å². The second-order valence-corrected chi connectivity index (χ2v) is 6.14. The number of rotatable bonds is 8. The third-order valence-electron chi connectivity index (χ3n) is 2.29. The largest absolute Gasteiger partial charge is 0.444 e. The molecule has 0 aliphatic heterocycles. The maximum Gasteiger partial charge on any atom is 0.410 e. The first-order valence-electron chi connectivity index (χ1n) is 6.58. The molecule has 0 saturated carbocycles. The maximum absolute atomic E-state index is 11.8. The lowest BCUT2D eigenvalue weighted by Crippen LogP contribution is -2.40. The fourth-order valence-corrected chi connectivity index (χ4v) is 1.82. The molecule has 0 saturated heterocycles. The Balaban J connectivity index is 3.79. The van der Waals surface area contributed by atoms with Crippen LogP contribution in [-0.4, -0.2) is 54.8 Å². The minimum absolute atomic E-state index is 0.226. The monoisotopic (exact) mass is 276 g/mol. The quantitative estimate of drug-likeness (QED) is 0.692. The Labute approximate surface area is 116 Å². The summed E-state index contributed by atoms with van der Waals surface area (Å²) < 4.78 is 5.34. The van der Waals surface area contributed by atoms with Crippen LogP contribution >= 0.6 is 11.8 Å². The van der Waals surface area contributed by atoms with E-state index >= 15 is 0 Å². The third-order valence-corrected chi connectivity index (χ3v) is 2.99. The Kier molecular flexibility index (Phi) is 9.28. The highest BCUT2D eigenvalue weighted by Gasteiger charge is 2.20. The van der Waals surface area contributed by atoms with Gasteiger partial charge in [-0.2, -0.15) is 11.8 Å². The van der Waals surface area contributed by atoms with Gasteiger partial charge in [-0.3, -0.25) is 0 Å². The summed E-state index contributed by atoms with van der Waals surface area (Å²) in [6.45, 7) is 10.8. The third kappa shape index (κ3) is 9.59. The topological polar surface area (TPSA) is 41.6 Å². The molecule has 0 aromatic heterocycles. The van der Waals surface area contributed by atoms with E-state index in [1.54, 1.807) is 4.90 Å². The number of ether oxygens (including phenoxy) is 1. The molecular formula is C13H28N2O2S. The van der Waals surface area contributed by atoms with E-state index in [2.05, 4.69) is 11.6 Å². The van der Waals surface area contributed by atoms with E-state index in [1.807, 2.05) is 39.5 Å². The molecule has 5 heteroatoms. The van der Waals surface area contributed by atoms with Crippen molar-refractivity contribution in [1.82, 2.24) is 10.2 Å². The van der Waals surface area contributed by atoms with Gasteiger partial charge in [-0.05, 0) is 52.7 Å². The van der Waals surface area contributed by atoms with E-state index in [0.717, 1.165) is 13.1 Å². The molecule has 0 aromatic carbocycles. The van der Waals surface area contributed by atoms with E-state index in [4.69, 9.17) is 4.74 Å². The number of carbonyl (C=O) groups is 1. The number of nitrogens with zero attached hydrogens (tertiary/aromatic N) is 1. The lowest BCUT2D eigenvalue weighted by molar-refractivity contribution is 0.0262. The zero-order chi connectivity index (χ0) is 14.0. The van der Waals surface area contributed by atoms with E-state index < -0.39 is 5.60 Å². The lowest BCUT2D eigenvalue weighted by atomic mass is 10.2. The number of hydrogen-bond donors (Lipinski definition) is 1. The first-order valence-corrected chi connectivity index (χ1v) is 7.97. The maximum atomic E-state index is 11.8. The van der Waals surface area contributed by atoms with Gasteiger partial charge in [-0.25, -0.2) is 4.79 Å². The summed E-state index contributed by atoms with van der Waals surface area (Å²) in [4.78, 5) is 13.6. The predicted molar refractivity (Wildman–Crippen MR) is 79.3 cm³/mol. The highest BCUT2D eigenvalue weighted by molar-refractivity contribution is 7.98. The van der Waals surface area contributed by atoms with E-state index in [0.29, 0.717) is 13.1 Å². The average molecular weight is 276 g/mol. The molecular weight excluding hydrogens is 248 g/mol. The Bertz CT molecular complexity index is 230. The van der Waals surface area contributed by atoms with Crippen molar-refractivity contribution in [2.45, 2.75) is 39.7 Å². The van der Waals surface area contributed by atoms with Gasteiger partial charge < -0.3 is 15.0 Å². The molecule has 0 aliphatic rings. The number of likely N-dealkylation sites (N-methyl/N-ethyl adjacent to an activating group) is 1. The van der Waals surface area contributed by atoms with Gasteiger partial charge in [0.2, 0.25) is 0 Å². The van der Waals surface area contributed by atoms with Crippen LogP contribution in [-0.2, 0) is 4.74 Å². The Morgan fingerprint density at radius 2 is 2.00 bits per heavy atom. The first kappa shape index (κ1) is 17.6. The minimum atomic E-state index is -0.420. The van der Waals surface area contributed by atoms with Crippen molar-refractivity contribution in [2.24, 2.45) is 0 Å². The highest BCUT2D eigenvalue weighted by atomic mass is 32.2. The smallest absolute Gasteiger partial charge is 0.410 e. The Morgan fingerprint density at radius 1 is 1.33 bits per heavy atom. The summed E-state index contributed by atoms with van der Waals surface area (Å²) >= 11 is 1.86. The molecule has 1 N–H and O–H groups in total. The molecule has 0 bridgehead atoms. The van der Waals surface area contributed by atoms with E-state index in [-0.39, 0.29) is 6.09 Å². The molecule has 0 radical (unpaired) electrons. The molecule has 0 aromatic rings. The van der Waals surface area contributed by atoms with Gasteiger partial charge in [0.25, 0.3) is 0 Å². The predicted octanol–water partition coefficient (Wildman–Crippen LogP) is 2.59. The van der Waals surface area contributed by atoms with Crippen molar-refractivity contribution in [3.63, 3.8) is 0 Å². The van der Waals surface area contributed by atoms with Crippen molar-refractivity contribution in [3.05, 3.63) is 0 Å². The van der Waals surface area contributed by atoms with Gasteiger partial charge >= 0.3 is 6.09 Å². The van der Waals surface area contributed by atoms with Crippen molar-refractivity contribution in [3.8, 4) is 0 Å². The Morgan fingerprint density at radius 3 is 2.50 bits per heavy atom. The molecule has 0 spiro atoms. The van der Waals surface area contributed by atoms with Crippen molar-refractivity contribution in [2.75, 3.05) is 38.2 Å². The van der Waals surface area contributed by atoms with Gasteiger partial charge in [0.05, 0.1) is 0 Å². The summed E-state index contributed by atoms with van der Waals surface area (Å²) in [5, 5.41) is 3.34. The molecule has 108 valence electrons. The first-order chi connectivity index (χ1) is 8.40. The normalized spacial score (nSPS) is 11.4. The second-order valence-electron chi connectivity index (χ2n) is 5.16. The molecule has 1 amide bonds. The number of hydrogen-bond acceptors (Lipinski definition) is 4. The molecule has 0 unspecified atom stereocenters. The number of carbonyl (C=O) groups excluding carboxylic acids is 1. The fourth-order valence-electron chi connectivity index (χ4n) is 1.39. The van der Waals surface area contributed by atoms with E-state index in [1.165, 1.54) is 12.2 Å². The van der Waals surface area contributed by atoms with Gasteiger partial charge in [-0.1, -0.05) is 0 Å². The molecule has 4 nitrogen and oxygen atoms in total. The van der Waals surface area contributed by atoms with Gasteiger partial charge in [0.1, 0.15) is 5.60 Å². The van der Waals surface area contributed by atoms with Crippen LogP contribution in [0.5, 0.6) is 0 Å². The second kappa shape index (κ2) is 9.50. The highest BCUT2D eigenvalue weighted by Crippen LogP contribution is 2.09. The SMILES string of the molecule is CCN(CCNCCCSC)C(=O)OC(C)(C)C. The number of nitrogens with one attached hydrogen (secondary N) is 1. The molecule has 0 rings (SSSR count). The van der Waals surface area contributed by atoms with Crippen LogP contribution < -0.4 is 5.32 Å². The fraction of sp³-hybridized carbons (Fsp3) is 0.923. The summed E-state index contributed by atoms with van der Waals surface area (Å²) in [6, 6.07) is 0. The molecule has 0 aliphatic carbocycles. The zero-order valence-corrected chi connectivity index (χ0v) is 13.2. The average Bonchev–Trinajstić information content (AvgIpc) is 2.25. The molecule has 0 fully saturated rings. The van der Waals surface area contributed by atoms with Gasteiger partial charge in [0.15, 0.2) is 0 Å². The standard InChI is InChI=1S/C13H28N2O2S/c1-6-15(12(16)17-13(2,3)4)10-9-14-8-7-11-18-5/h14H,6-11H2,1-5H3. The summed E-state index contributed by atoms with van der Waals surface area (Å²) in [7, 11) is 0. The van der Waals surface area contributed by atoms with Crippen LogP contribution in [0.1, 0.15) is 34.1 Å². The van der Waals surface area contributed by atoms with Crippen LogP contribution in [0.25, 0.3) is 0 Å². The minimum Gasteiger partial charge on any atom is -0.444 e. The van der Waals surface area contributed by atoms with Crippen LogP contribution in [0.4, 0.5) is 4.79 Å². The van der Waals surface area contributed by atoms with Crippen LogP contribution in [0, 0.1) is 0 Å². The van der Waals surface area contributed by atoms with Gasteiger partial charge in [-0.15, -0.1) is 0 Å². The number of thioether (sulfide) groups is 1. The van der Waals surface area contributed by atoms with Crippen molar-refractivity contribution >= 4 is 17.9 Å². The molecule has 0 heterocycles. The van der Waals surface area contributed by atoms with Crippen LogP contribution in [0.15, 0.2) is 0 Å².